The summed E-state index contributed by atoms with van der Waals surface area (Å²) in [6.07, 6.45) is 1.92. The van der Waals surface area contributed by atoms with Gasteiger partial charge in [-0.15, -0.1) is 21.5 Å². The van der Waals surface area contributed by atoms with E-state index in [9.17, 15) is 4.79 Å². The Morgan fingerprint density at radius 1 is 1.30 bits per heavy atom. The number of piperidine rings is 1. The van der Waals surface area contributed by atoms with E-state index in [1.54, 1.807) is 11.3 Å². The number of fused-ring (bicyclic) bond motifs is 1. The van der Waals surface area contributed by atoms with Crippen LogP contribution in [0.5, 0.6) is 0 Å². The van der Waals surface area contributed by atoms with Crippen LogP contribution in [0.3, 0.4) is 0 Å². The van der Waals surface area contributed by atoms with Gasteiger partial charge < -0.3 is 14.8 Å². The zero-order valence-corrected chi connectivity index (χ0v) is 15.1. The summed E-state index contributed by atoms with van der Waals surface area (Å²) in [5.74, 6) is 2.69. The van der Waals surface area contributed by atoms with Crippen LogP contribution in [0.4, 0.5) is 0 Å². The van der Waals surface area contributed by atoms with Crippen LogP contribution in [0.1, 0.15) is 40.8 Å². The molecular weight excluding hydrogens is 378 g/mol. The minimum atomic E-state index is 0.137. The van der Waals surface area contributed by atoms with Crippen molar-refractivity contribution in [3.8, 4) is 0 Å². The SMILES string of the molecule is O=C(c1csc(Br)c1)N1CCC(c2nnc3n2CCNC3)CC1. The topological polar surface area (TPSA) is 63.1 Å². The number of amides is 1. The number of likely N-dealkylation sites (tertiary alicyclic amines) is 1. The van der Waals surface area contributed by atoms with Crippen LogP contribution >= 0.6 is 27.3 Å². The number of thiophene rings is 1. The van der Waals surface area contributed by atoms with E-state index in [1.807, 2.05) is 16.3 Å². The van der Waals surface area contributed by atoms with E-state index in [2.05, 4.69) is 36.0 Å². The maximum atomic E-state index is 12.5. The van der Waals surface area contributed by atoms with Crippen LogP contribution in [-0.4, -0.2) is 45.2 Å². The van der Waals surface area contributed by atoms with Gasteiger partial charge in [0.2, 0.25) is 0 Å². The molecule has 1 saturated heterocycles. The molecule has 0 unspecified atom stereocenters. The molecule has 8 heteroatoms. The van der Waals surface area contributed by atoms with Crippen LogP contribution in [0, 0.1) is 0 Å². The lowest BCUT2D eigenvalue weighted by Gasteiger charge is -2.32. The van der Waals surface area contributed by atoms with Crippen molar-refractivity contribution >= 4 is 33.2 Å². The minimum absolute atomic E-state index is 0.137. The van der Waals surface area contributed by atoms with Gasteiger partial charge in [0.05, 0.1) is 15.9 Å². The second kappa shape index (κ2) is 6.33. The number of aromatic nitrogens is 3. The Bertz CT molecular complexity index is 719. The molecular formula is C15H18BrN5OS. The Balaban J connectivity index is 1.43. The van der Waals surface area contributed by atoms with E-state index in [1.165, 1.54) is 0 Å². The molecule has 1 amide bonds. The van der Waals surface area contributed by atoms with E-state index >= 15 is 0 Å². The standard InChI is InChI=1S/C15H18BrN5OS/c16-12-7-11(9-23-12)15(22)20-4-1-10(2-5-20)14-19-18-13-8-17-3-6-21(13)14/h7,9-10,17H,1-6,8H2. The highest BCUT2D eigenvalue weighted by atomic mass is 79.9. The summed E-state index contributed by atoms with van der Waals surface area (Å²) in [6.45, 7) is 4.30. The molecule has 1 N–H and O–H groups in total. The van der Waals surface area contributed by atoms with Gasteiger partial charge in [0.1, 0.15) is 11.6 Å². The lowest BCUT2D eigenvalue weighted by Crippen LogP contribution is -2.38. The molecule has 0 radical (unpaired) electrons. The predicted molar refractivity (Wildman–Crippen MR) is 91.6 cm³/mol. The quantitative estimate of drug-likeness (QED) is 0.846. The van der Waals surface area contributed by atoms with Gasteiger partial charge in [-0.3, -0.25) is 4.79 Å². The zero-order valence-electron chi connectivity index (χ0n) is 12.7. The highest BCUT2D eigenvalue weighted by molar-refractivity contribution is 9.11. The zero-order chi connectivity index (χ0) is 15.8. The molecule has 0 saturated carbocycles. The Labute approximate surface area is 147 Å². The number of rotatable bonds is 2. The first-order valence-corrected chi connectivity index (χ1v) is 9.55. The molecule has 0 spiro atoms. The van der Waals surface area contributed by atoms with Crippen molar-refractivity contribution in [2.45, 2.75) is 31.8 Å². The summed E-state index contributed by atoms with van der Waals surface area (Å²) in [6, 6.07) is 1.90. The van der Waals surface area contributed by atoms with E-state index in [4.69, 9.17) is 0 Å². The van der Waals surface area contributed by atoms with Crippen molar-refractivity contribution < 1.29 is 4.79 Å². The van der Waals surface area contributed by atoms with Crippen molar-refractivity contribution in [2.75, 3.05) is 19.6 Å². The van der Waals surface area contributed by atoms with Gasteiger partial charge >= 0.3 is 0 Å². The Hall–Kier alpha value is -1.25. The molecule has 4 heterocycles. The van der Waals surface area contributed by atoms with Crippen LogP contribution in [-0.2, 0) is 13.1 Å². The van der Waals surface area contributed by atoms with Gasteiger partial charge in [0, 0.05) is 37.5 Å². The molecule has 0 bridgehead atoms. The lowest BCUT2D eigenvalue weighted by atomic mass is 9.95. The van der Waals surface area contributed by atoms with E-state index in [0.29, 0.717) is 5.92 Å². The van der Waals surface area contributed by atoms with Crippen LogP contribution in [0.15, 0.2) is 15.2 Å². The van der Waals surface area contributed by atoms with Gasteiger partial charge in [-0.25, -0.2) is 0 Å². The summed E-state index contributed by atoms with van der Waals surface area (Å²) in [4.78, 5) is 14.5. The molecule has 2 aromatic rings. The highest BCUT2D eigenvalue weighted by Crippen LogP contribution is 2.29. The Morgan fingerprint density at radius 3 is 2.87 bits per heavy atom. The fourth-order valence-corrected chi connectivity index (χ4v) is 4.49. The average Bonchev–Trinajstić information content (AvgIpc) is 3.21. The Kier molecular flexibility index (Phi) is 4.21. The summed E-state index contributed by atoms with van der Waals surface area (Å²) in [5, 5.41) is 14.0. The number of nitrogens with one attached hydrogen (secondary N) is 1. The van der Waals surface area contributed by atoms with E-state index < -0.39 is 0 Å². The lowest BCUT2D eigenvalue weighted by molar-refractivity contribution is 0.0710. The third-order valence-corrected chi connectivity index (χ3v) is 6.12. The van der Waals surface area contributed by atoms with Gasteiger partial charge in [-0.1, -0.05) is 0 Å². The highest BCUT2D eigenvalue weighted by Gasteiger charge is 2.29. The number of nitrogens with zero attached hydrogens (tertiary/aromatic N) is 4. The first-order chi connectivity index (χ1) is 11.2. The summed E-state index contributed by atoms with van der Waals surface area (Å²) >= 11 is 4.97. The molecule has 2 aromatic heterocycles. The molecule has 4 rings (SSSR count). The molecule has 122 valence electrons. The largest absolute Gasteiger partial charge is 0.339 e. The monoisotopic (exact) mass is 395 g/mol. The molecule has 0 atom stereocenters. The second-order valence-corrected chi connectivity index (χ2v) is 8.30. The number of halogens is 1. The number of hydrogen-bond acceptors (Lipinski definition) is 5. The molecule has 0 aliphatic carbocycles. The summed E-state index contributed by atoms with van der Waals surface area (Å²) < 4.78 is 3.26. The normalized spacial score (nSPS) is 18.9. The van der Waals surface area contributed by atoms with E-state index in [0.717, 1.165) is 66.6 Å². The van der Waals surface area contributed by atoms with Crippen molar-refractivity contribution in [1.29, 1.82) is 0 Å². The van der Waals surface area contributed by atoms with Gasteiger partial charge in [-0.05, 0) is 34.8 Å². The third kappa shape index (κ3) is 2.95. The number of carbonyl (C=O) groups excluding carboxylic acids is 1. The molecule has 6 nitrogen and oxygen atoms in total. The summed E-state index contributed by atoms with van der Waals surface area (Å²) in [5.41, 5.74) is 0.784. The van der Waals surface area contributed by atoms with Crippen molar-refractivity contribution in [2.24, 2.45) is 0 Å². The minimum Gasteiger partial charge on any atom is -0.339 e. The van der Waals surface area contributed by atoms with Crippen molar-refractivity contribution in [3.05, 3.63) is 32.4 Å². The van der Waals surface area contributed by atoms with Gasteiger partial charge in [-0.2, -0.15) is 0 Å². The Morgan fingerprint density at radius 2 is 2.13 bits per heavy atom. The molecule has 0 aromatic carbocycles. The van der Waals surface area contributed by atoms with E-state index in [-0.39, 0.29) is 5.91 Å². The number of hydrogen-bond donors (Lipinski definition) is 1. The molecule has 2 aliphatic heterocycles. The van der Waals surface area contributed by atoms with Crippen molar-refractivity contribution in [1.82, 2.24) is 25.0 Å². The predicted octanol–water partition coefficient (Wildman–Crippen LogP) is 2.23. The van der Waals surface area contributed by atoms with Crippen LogP contribution in [0.25, 0.3) is 0 Å². The fraction of sp³-hybridized carbons (Fsp3) is 0.533. The average molecular weight is 396 g/mol. The van der Waals surface area contributed by atoms with Crippen LogP contribution < -0.4 is 5.32 Å². The summed E-state index contributed by atoms with van der Waals surface area (Å²) in [7, 11) is 0. The second-order valence-electron chi connectivity index (χ2n) is 6.01. The maximum absolute atomic E-state index is 12.5. The molecule has 1 fully saturated rings. The molecule has 23 heavy (non-hydrogen) atoms. The van der Waals surface area contributed by atoms with Crippen LogP contribution in [0.2, 0.25) is 0 Å². The van der Waals surface area contributed by atoms with Gasteiger partial charge in [0.15, 0.2) is 0 Å². The first kappa shape index (κ1) is 15.3. The maximum Gasteiger partial charge on any atom is 0.254 e. The van der Waals surface area contributed by atoms with Gasteiger partial charge in [0.25, 0.3) is 5.91 Å². The fourth-order valence-electron chi connectivity index (χ4n) is 3.36. The third-order valence-electron chi connectivity index (χ3n) is 4.61. The van der Waals surface area contributed by atoms with Crippen molar-refractivity contribution in [3.63, 3.8) is 0 Å². The first-order valence-electron chi connectivity index (χ1n) is 7.88. The smallest absolute Gasteiger partial charge is 0.254 e. The molecule has 2 aliphatic rings. The number of carbonyl (C=O) groups is 1.